The predicted molar refractivity (Wildman–Crippen MR) is 47.2 cm³/mol. The third-order valence-electron chi connectivity index (χ3n) is 2.90. The molecule has 1 saturated heterocycles. The largest absolute Gasteiger partial charge is 0.347 e. The normalized spacial score (nSPS) is 26.7. The topological polar surface area (TPSA) is 35.5 Å². The van der Waals surface area contributed by atoms with Gasteiger partial charge in [-0.25, -0.2) is 0 Å². The molecule has 2 fully saturated rings. The molecule has 0 amide bonds. The predicted octanol–water partition coefficient (Wildman–Crippen LogP) is 1.36. The Morgan fingerprint density at radius 2 is 1.85 bits per heavy atom. The average molecular weight is 184 g/mol. The van der Waals surface area contributed by atoms with E-state index in [2.05, 4.69) is 0 Å². The summed E-state index contributed by atoms with van der Waals surface area (Å²) in [5, 5.41) is 0. The molecule has 0 aromatic carbocycles. The lowest BCUT2D eigenvalue weighted by atomic mass is 9.73. The van der Waals surface area contributed by atoms with E-state index < -0.39 is 0 Å². The zero-order valence-electron chi connectivity index (χ0n) is 8.21. The minimum Gasteiger partial charge on any atom is -0.347 e. The van der Waals surface area contributed by atoms with Crippen LogP contribution in [-0.4, -0.2) is 24.8 Å². The number of rotatable bonds is 2. The Morgan fingerprint density at radius 1 is 1.31 bits per heavy atom. The summed E-state index contributed by atoms with van der Waals surface area (Å²) < 4.78 is 10.9. The second-order valence-electron chi connectivity index (χ2n) is 4.27. The summed E-state index contributed by atoms with van der Waals surface area (Å²) >= 11 is 0. The maximum atomic E-state index is 11.6. The molecule has 2 aliphatic rings. The molecule has 0 radical (unpaired) electrons. The van der Waals surface area contributed by atoms with Crippen molar-refractivity contribution >= 4 is 5.78 Å². The molecule has 1 aliphatic heterocycles. The first-order valence-electron chi connectivity index (χ1n) is 4.95. The molecule has 74 valence electrons. The summed E-state index contributed by atoms with van der Waals surface area (Å²) in [4.78, 5) is 11.6. The summed E-state index contributed by atoms with van der Waals surface area (Å²) in [7, 11) is 0. The van der Waals surface area contributed by atoms with Crippen LogP contribution in [0.1, 0.15) is 26.7 Å². The van der Waals surface area contributed by atoms with Crippen molar-refractivity contribution in [2.24, 2.45) is 11.8 Å². The molecule has 3 nitrogen and oxygen atoms in total. The molecule has 0 N–H and O–H groups in total. The van der Waals surface area contributed by atoms with Crippen LogP contribution in [0.15, 0.2) is 0 Å². The van der Waals surface area contributed by atoms with Crippen LogP contribution in [-0.2, 0) is 14.3 Å². The highest BCUT2D eigenvalue weighted by atomic mass is 16.7. The summed E-state index contributed by atoms with van der Waals surface area (Å²) in [6, 6.07) is 0. The lowest BCUT2D eigenvalue weighted by Gasteiger charge is -2.42. The van der Waals surface area contributed by atoms with Gasteiger partial charge in [-0.1, -0.05) is 13.8 Å². The average Bonchev–Trinajstić information content (AvgIpc) is 2.47. The minimum absolute atomic E-state index is 0.142. The molecule has 13 heavy (non-hydrogen) atoms. The lowest BCUT2D eigenvalue weighted by molar-refractivity contribution is -0.229. The molecule has 2 rings (SSSR count). The van der Waals surface area contributed by atoms with E-state index in [1.165, 1.54) is 0 Å². The van der Waals surface area contributed by atoms with Crippen LogP contribution in [0.25, 0.3) is 0 Å². The van der Waals surface area contributed by atoms with E-state index in [-0.39, 0.29) is 17.6 Å². The number of Topliss-reactive ketones (excluding diaryl/α,β-unsaturated/α-hetero) is 1. The van der Waals surface area contributed by atoms with Crippen molar-refractivity contribution in [3.05, 3.63) is 0 Å². The lowest BCUT2D eigenvalue weighted by Crippen LogP contribution is -2.48. The molecule has 0 aromatic heterocycles. The van der Waals surface area contributed by atoms with Crippen LogP contribution in [0.4, 0.5) is 0 Å². The van der Waals surface area contributed by atoms with E-state index >= 15 is 0 Å². The Bertz CT molecular complexity index is 208. The van der Waals surface area contributed by atoms with Crippen LogP contribution in [0.2, 0.25) is 0 Å². The van der Waals surface area contributed by atoms with Gasteiger partial charge in [-0.05, 0) is 0 Å². The van der Waals surface area contributed by atoms with Crippen molar-refractivity contribution in [2.75, 3.05) is 13.2 Å². The van der Waals surface area contributed by atoms with Crippen LogP contribution in [0, 0.1) is 11.8 Å². The quantitative estimate of drug-likeness (QED) is 0.650. The number of carbonyl (C=O) groups is 1. The molecule has 1 heterocycles. The molecule has 0 bridgehead atoms. The van der Waals surface area contributed by atoms with Crippen LogP contribution >= 0.6 is 0 Å². The maximum Gasteiger partial charge on any atom is 0.169 e. The van der Waals surface area contributed by atoms with Gasteiger partial charge in [-0.3, -0.25) is 4.79 Å². The Kier molecular flexibility index (Phi) is 2.16. The number of ether oxygens (including phenoxy) is 2. The van der Waals surface area contributed by atoms with E-state index in [1.807, 2.05) is 13.8 Å². The first-order valence-corrected chi connectivity index (χ1v) is 4.95. The van der Waals surface area contributed by atoms with Gasteiger partial charge in [-0.2, -0.15) is 0 Å². The third-order valence-corrected chi connectivity index (χ3v) is 2.90. The van der Waals surface area contributed by atoms with Gasteiger partial charge in [0.05, 0.1) is 13.2 Å². The highest BCUT2D eigenvalue weighted by Crippen LogP contribution is 2.45. The third kappa shape index (κ3) is 1.51. The Balaban J connectivity index is 1.87. The fourth-order valence-electron chi connectivity index (χ4n) is 2.10. The highest BCUT2D eigenvalue weighted by Gasteiger charge is 2.51. The number of hydrogen-bond acceptors (Lipinski definition) is 3. The number of hydrogen-bond donors (Lipinski definition) is 0. The van der Waals surface area contributed by atoms with Crippen molar-refractivity contribution in [1.82, 2.24) is 0 Å². The molecule has 1 saturated carbocycles. The van der Waals surface area contributed by atoms with E-state index in [1.54, 1.807) is 0 Å². The van der Waals surface area contributed by atoms with Gasteiger partial charge in [0.25, 0.3) is 0 Å². The highest BCUT2D eigenvalue weighted by molar-refractivity contribution is 5.83. The minimum atomic E-state index is -0.366. The van der Waals surface area contributed by atoms with Crippen LogP contribution in [0.3, 0.4) is 0 Å². The monoisotopic (exact) mass is 184 g/mol. The first kappa shape index (κ1) is 9.16. The molecule has 0 unspecified atom stereocenters. The zero-order valence-corrected chi connectivity index (χ0v) is 8.21. The van der Waals surface area contributed by atoms with Crippen molar-refractivity contribution in [3.8, 4) is 0 Å². The second-order valence-corrected chi connectivity index (χ2v) is 4.27. The van der Waals surface area contributed by atoms with Gasteiger partial charge >= 0.3 is 0 Å². The van der Waals surface area contributed by atoms with Gasteiger partial charge in [0.1, 0.15) is 5.78 Å². The summed E-state index contributed by atoms with van der Waals surface area (Å²) in [5.41, 5.74) is 0. The van der Waals surface area contributed by atoms with Crippen LogP contribution < -0.4 is 0 Å². The first-order chi connectivity index (χ1) is 6.13. The van der Waals surface area contributed by atoms with E-state index in [9.17, 15) is 4.79 Å². The number of ketones is 1. The molecule has 1 spiro atoms. The van der Waals surface area contributed by atoms with Gasteiger partial charge in [0.2, 0.25) is 0 Å². The molecular formula is C10H16O3. The fourth-order valence-corrected chi connectivity index (χ4v) is 2.10. The van der Waals surface area contributed by atoms with Gasteiger partial charge in [0.15, 0.2) is 5.79 Å². The molecular weight excluding hydrogens is 168 g/mol. The molecule has 0 atom stereocenters. The maximum absolute atomic E-state index is 11.6. The van der Waals surface area contributed by atoms with Crippen molar-refractivity contribution in [1.29, 1.82) is 0 Å². The van der Waals surface area contributed by atoms with Crippen molar-refractivity contribution < 1.29 is 14.3 Å². The standard InChI is InChI=1S/C10H16O3/c1-7(2)9(11)8-5-10(6-8)12-3-4-13-10/h7-8H,3-6H2,1-2H3. The molecule has 1 aliphatic carbocycles. The van der Waals surface area contributed by atoms with Gasteiger partial charge < -0.3 is 9.47 Å². The van der Waals surface area contributed by atoms with Gasteiger partial charge in [0, 0.05) is 24.7 Å². The Labute approximate surface area is 78.4 Å². The fraction of sp³-hybridized carbons (Fsp3) is 0.900. The van der Waals surface area contributed by atoms with Crippen LogP contribution in [0.5, 0.6) is 0 Å². The smallest absolute Gasteiger partial charge is 0.169 e. The SMILES string of the molecule is CC(C)C(=O)C1CC2(C1)OCCO2. The van der Waals surface area contributed by atoms with Crippen molar-refractivity contribution in [3.63, 3.8) is 0 Å². The Hall–Kier alpha value is -0.410. The zero-order chi connectivity index (χ0) is 9.47. The molecule has 3 heteroatoms. The van der Waals surface area contributed by atoms with Crippen molar-refractivity contribution in [2.45, 2.75) is 32.5 Å². The molecule has 0 aromatic rings. The summed E-state index contributed by atoms with van der Waals surface area (Å²) in [6.45, 7) is 5.26. The summed E-state index contributed by atoms with van der Waals surface area (Å²) in [5.74, 6) is 0.307. The van der Waals surface area contributed by atoms with E-state index in [0.29, 0.717) is 19.0 Å². The van der Waals surface area contributed by atoms with E-state index in [4.69, 9.17) is 9.47 Å². The van der Waals surface area contributed by atoms with Gasteiger partial charge in [-0.15, -0.1) is 0 Å². The summed E-state index contributed by atoms with van der Waals surface area (Å²) in [6.07, 6.45) is 1.54. The number of carbonyl (C=O) groups excluding carboxylic acids is 1. The Morgan fingerprint density at radius 3 is 2.31 bits per heavy atom. The van der Waals surface area contributed by atoms with E-state index in [0.717, 1.165) is 12.8 Å². The second kappa shape index (κ2) is 3.07.